The molecule has 9 heteroatoms. The molecule has 0 aliphatic carbocycles. The van der Waals surface area contributed by atoms with Crippen LogP contribution < -0.4 is 10.6 Å². The van der Waals surface area contributed by atoms with Gasteiger partial charge >= 0.3 is 0 Å². The average molecular weight is 682 g/mol. The summed E-state index contributed by atoms with van der Waals surface area (Å²) in [7, 11) is 0. The number of amides is 2. The van der Waals surface area contributed by atoms with Gasteiger partial charge in [-0.15, -0.1) is 0 Å². The zero-order valence-electron chi connectivity index (χ0n) is 21.9. The maximum absolute atomic E-state index is 12.7. The first kappa shape index (κ1) is 33.4. The smallest absolute Gasteiger partial charge is 0.231 e. The zero-order chi connectivity index (χ0) is 27.2. The molecule has 0 bridgehead atoms. The summed E-state index contributed by atoms with van der Waals surface area (Å²) in [5, 5.41) is 15.1. The van der Waals surface area contributed by atoms with E-state index in [1.807, 2.05) is 44.2 Å². The largest absolute Gasteiger partial charge is 0.508 e. The number of anilines is 2. The van der Waals surface area contributed by atoms with Gasteiger partial charge in [-0.1, -0.05) is 29.8 Å². The van der Waals surface area contributed by atoms with Crippen LogP contribution >= 0.6 is 0 Å². The third-order valence-electron chi connectivity index (χ3n) is 6.04. The first-order valence-corrected chi connectivity index (χ1v) is 11.8. The van der Waals surface area contributed by atoms with Crippen LogP contribution in [0.1, 0.15) is 38.2 Å². The number of aryl methyl sites for hydroxylation is 2. The van der Waals surface area contributed by atoms with Crippen molar-refractivity contribution in [3.8, 4) is 16.9 Å². The Morgan fingerprint density at radius 3 is 1.68 bits per heavy atom. The maximum atomic E-state index is 12.7. The predicted octanol–water partition coefficient (Wildman–Crippen LogP) is 5.02. The molecule has 0 aliphatic rings. The fourth-order valence-electron chi connectivity index (χ4n) is 4.03. The Hall–Kier alpha value is -2.83. The number of aromatic hydroxyl groups is 1. The number of benzene rings is 4. The van der Waals surface area contributed by atoms with Crippen LogP contribution in [0.4, 0.5) is 11.4 Å². The van der Waals surface area contributed by atoms with E-state index in [1.165, 1.54) is 18.2 Å². The average Bonchev–Trinajstić information content (AvgIpc) is 2.91. The van der Waals surface area contributed by atoms with E-state index in [9.17, 15) is 24.3 Å². The molecule has 0 spiro atoms. The standard InChI is InChI=1S/C31H24N2O5.2Y/c1-19-11-24(5-9-28(19)32-30(37)16-21-3-7-27(36)8-4-21)25-6-10-29(20(2)12-25)33-31(38)26-14-22(17-34)13-23(15-26)18-35;;/h3-15,36H,16H2,1-2H3,(H,32,37)(H,33,38);;/q-2;;. The molecular formula is C31H24N2O5Y2-2. The second-order valence-corrected chi connectivity index (χ2v) is 8.91. The van der Waals surface area contributed by atoms with Crippen molar-refractivity contribution in [2.45, 2.75) is 20.3 Å². The van der Waals surface area contributed by atoms with Crippen LogP contribution in [0.5, 0.6) is 5.75 Å². The van der Waals surface area contributed by atoms with Gasteiger partial charge in [0.2, 0.25) is 11.8 Å². The summed E-state index contributed by atoms with van der Waals surface area (Å²) in [6.07, 6.45) is 3.57. The molecule has 0 heterocycles. The van der Waals surface area contributed by atoms with Crippen molar-refractivity contribution in [2.75, 3.05) is 10.6 Å². The topological polar surface area (TPSA) is 113 Å². The van der Waals surface area contributed by atoms with Gasteiger partial charge in [-0.25, -0.2) is 0 Å². The molecule has 196 valence electrons. The molecule has 0 saturated carbocycles. The van der Waals surface area contributed by atoms with E-state index < -0.39 is 5.91 Å². The van der Waals surface area contributed by atoms with E-state index >= 15 is 0 Å². The van der Waals surface area contributed by atoms with Crippen molar-refractivity contribution in [2.24, 2.45) is 0 Å². The minimum Gasteiger partial charge on any atom is -0.508 e. The Bertz CT molecular complexity index is 1530. The van der Waals surface area contributed by atoms with Crippen LogP contribution in [0.3, 0.4) is 0 Å². The van der Waals surface area contributed by atoms with E-state index in [1.54, 1.807) is 42.9 Å². The molecule has 3 N–H and O–H groups in total. The third-order valence-corrected chi connectivity index (χ3v) is 6.04. The van der Waals surface area contributed by atoms with Gasteiger partial charge in [-0.05, 0) is 78.1 Å². The third kappa shape index (κ3) is 8.58. The first-order valence-electron chi connectivity index (χ1n) is 11.8. The Morgan fingerprint density at radius 2 is 1.20 bits per heavy atom. The molecule has 4 rings (SSSR count). The number of carbonyl (C=O) groups is 2. The number of carbonyl (C=O) groups excluding carboxylic acids is 4. The molecule has 0 aliphatic heterocycles. The van der Waals surface area contributed by atoms with E-state index in [-0.39, 0.29) is 100 Å². The number of phenols is 1. The number of rotatable bonds is 8. The molecule has 0 atom stereocenters. The summed E-state index contributed by atoms with van der Waals surface area (Å²) in [5.41, 5.74) is 6.04. The van der Waals surface area contributed by atoms with Crippen LogP contribution in [-0.2, 0) is 86.2 Å². The monoisotopic (exact) mass is 682 g/mol. The maximum Gasteiger partial charge on any atom is 0.231 e. The summed E-state index contributed by atoms with van der Waals surface area (Å²) in [6, 6.07) is 21.9. The molecule has 0 aromatic heterocycles. The summed E-state index contributed by atoms with van der Waals surface area (Å²) in [4.78, 5) is 47.2. The van der Waals surface area contributed by atoms with E-state index in [2.05, 4.69) is 10.6 Å². The Labute approximate surface area is 282 Å². The van der Waals surface area contributed by atoms with Gasteiger partial charge in [-0.3, -0.25) is 9.59 Å². The van der Waals surface area contributed by atoms with E-state index in [4.69, 9.17) is 0 Å². The number of hydrogen-bond acceptors (Lipinski definition) is 5. The molecule has 4 aromatic carbocycles. The van der Waals surface area contributed by atoms with E-state index in [0.717, 1.165) is 27.8 Å². The molecule has 2 radical (unpaired) electrons. The molecule has 0 unspecified atom stereocenters. The molecule has 4 aromatic rings. The minimum absolute atomic E-state index is 0. The molecule has 0 fully saturated rings. The molecule has 40 heavy (non-hydrogen) atoms. The van der Waals surface area contributed by atoms with Crippen molar-refractivity contribution in [1.29, 1.82) is 0 Å². The van der Waals surface area contributed by atoms with Gasteiger partial charge < -0.3 is 25.3 Å². The van der Waals surface area contributed by atoms with Crippen molar-refractivity contribution in [1.82, 2.24) is 0 Å². The Morgan fingerprint density at radius 1 is 0.700 bits per heavy atom. The van der Waals surface area contributed by atoms with Gasteiger partial charge in [0.1, 0.15) is 5.75 Å². The van der Waals surface area contributed by atoms with Gasteiger partial charge in [0, 0.05) is 76.8 Å². The molecule has 7 nitrogen and oxygen atoms in total. The normalized spacial score (nSPS) is 9.95. The van der Waals surface area contributed by atoms with Crippen molar-refractivity contribution in [3.63, 3.8) is 0 Å². The second kappa shape index (κ2) is 15.2. The van der Waals surface area contributed by atoms with Crippen LogP contribution in [0.25, 0.3) is 11.1 Å². The van der Waals surface area contributed by atoms with Gasteiger partial charge in [0.15, 0.2) is 0 Å². The zero-order valence-corrected chi connectivity index (χ0v) is 27.6. The second-order valence-electron chi connectivity index (χ2n) is 8.91. The fraction of sp³-hybridized carbons (Fsp3) is 0.0968. The van der Waals surface area contributed by atoms with E-state index in [0.29, 0.717) is 11.4 Å². The van der Waals surface area contributed by atoms with Crippen molar-refractivity contribution in [3.05, 3.63) is 112 Å². The predicted molar refractivity (Wildman–Crippen MR) is 146 cm³/mol. The Kier molecular flexibility index (Phi) is 12.7. The first-order chi connectivity index (χ1) is 18.2. The van der Waals surface area contributed by atoms with Crippen LogP contribution in [0.2, 0.25) is 0 Å². The fourth-order valence-corrected chi connectivity index (χ4v) is 4.03. The Balaban J connectivity index is 0.00000280. The minimum atomic E-state index is -0.460. The van der Waals surface area contributed by atoms with Gasteiger partial charge in [0.25, 0.3) is 0 Å². The van der Waals surface area contributed by atoms with Crippen LogP contribution in [0, 0.1) is 13.8 Å². The molecule has 2 amide bonds. The summed E-state index contributed by atoms with van der Waals surface area (Å²) >= 11 is 0. The van der Waals surface area contributed by atoms with Crippen molar-refractivity contribution < 1.29 is 89.7 Å². The van der Waals surface area contributed by atoms with Gasteiger partial charge in [0.05, 0.1) is 19.0 Å². The van der Waals surface area contributed by atoms with Crippen LogP contribution in [0.15, 0.2) is 78.9 Å². The quantitative estimate of drug-likeness (QED) is 0.226. The molecule has 0 saturated heterocycles. The van der Waals surface area contributed by atoms with Crippen molar-refractivity contribution >= 4 is 35.8 Å². The number of nitrogens with one attached hydrogen (secondary N) is 2. The molecular weight excluding hydrogens is 658 g/mol. The summed E-state index contributed by atoms with van der Waals surface area (Å²) < 4.78 is 0. The summed E-state index contributed by atoms with van der Waals surface area (Å²) in [6.45, 7) is 3.78. The summed E-state index contributed by atoms with van der Waals surface area (Å²) in [5.74, 6) is -0.462. The van der Waals surface area contributed by atoms with Crippen LogP contribution in [-0.4, -0.2) is 29.5 Å². The number of hydrogen-bond donors (Lipinski definition) is 3. The SMILES string of the molecule is Cc1cc(-c2ccc(NC(=O)c3cc([C-]=O)cc([C-]=O)c3)c(C)c2)ccc1NC(=O)Cc1ccc(O)cc1.[Y].[Y]. The number of phenolic OH excluding ortho intramolecular Hbond substituents is 1. The van der Waals surface area contributed by atoms with Gasteiger partial charge in [-0.2, -0.15) is 29.3 Å².